The van der Waals surface area contributed by atoms with Crippen molar-refractivity contribution < 1.29 is 0 Å². The monoisotopic (exact) mass is 236 g/mol. The molecule has 0 aliphatic heterocycles. The van der Waals surface area contributed by atoms with E-state index in [2.05, 4.69) is 24.4 Å². The number of hydrogen-bond donors (Lipinski definition) is 2. The van der Waals surface area contributed by atoms with Gasteiger partial charge in [0, 0.05) is 18.8 Å². The van der Waals surface area contributed by atoms with Crippen LogP contribution < -0.4 is 11.3 Å². The van der Waals surface area contributed by atoms with Gasteiger partial charge >= 0.3 is 0 Å². The summed E-state index contributed by atoms with van der Waals surface area (Å²) < 4.78 is 1.97. The summed E-state index contributed by atoms with van der Waals surface area (Å²) in [7, 11) is 2.01. The highest BCUT2D eigenvalue weighted by Gasteiger charge is 2.25. The molecule has 0 radical (unpaired) electrons. The average molecular weight is 236 g/mol. The van der Waals surface area contributed by atoms with E-state index in [1.54, 1.807) is 0 Å². The van der Waals surface area contributed by atoms with Crippen LogP contribution in [0, 0.1) is 19.8 Å². The molecule has 3 N–H and O–H groups in total. The third-order valence-electron chi connectivity index (χ3n) is 3.95. The van der Waals surface area contributed by atoms with Gasteiger partial charge in [-0.1, -0.05) is 12.8 Å². The number of aryl methyl sites for hydroxylation is 2. The third kappa shape index (κ3) is 3.07. The summed E-state index contributed by atoms with van der Waals surface area (Å²) in [5.41, 5.74) is 6.80. The quantitative estimate of drug-likeness (QED) is 0.582. The number of nitrogens with one attached hydrogen (secondary N) is 1. The van der Waals surface area contributed by atoms with E-state index in [9.17, 15) is 0 Å². The summed E-state index contributed by atoms with van der Waals surface area (Å²) in [5, 5.41) is 4.45. The molecule has 1 aliphatic carbocycles. The minimum absolute atomic E-state index is 0.460. The van der Waals surface area contributed by atoms with Crippen LogP contribution in [0.15, 0.2) is 0 Å². The molecule has 0 amide bonds. The van der Waals surface area contributed by atoms with Crippen molar-refractivity contribution in [1.29, 1.82) is 0 Å². The number of rotatable bonds is 6. The van der Waals surface area contributed by atoms with Gasteiger partial charge in [-0.25, -0.2) is 0 Å². The van der Waals surface area contributed by atoms with E-state index in [-0.39, 0.29) is 0 Å². The van der Waals surface area contributed by atoms with Crippen molar-refractivity contribution in [3.8, 4) is 0 Å². The number of hydrogen-bond acceptors (Lipinski definition) is 3. The Hall–Kier alpha value is -0.870. The van der Waals surface area contributed by atoms with Crippen LogP contribution in [0.25, 0.3) is 0 Å². The Morgan fingerprint density at radius 2 is 2.18 bits per heavy atom. The van der Waals surface area contributed by atoms with Crippen LogP contribution in [-0.4, -0.2) is 15.8 Å². The van der Waals surface area contributed by atoms with E-state index in [1.807, 2.05) is 11.7 Å². The number of nitrogens with two attached hydrogens (primary N) is 1. The lowest BCUT2D eigenvalue weighted by Crippen LogP contribution is -2.35. The lowest BCUT2D eigenvalue weighted by atomic mass is 10.0. The maximum atomic E-state index is 5.62. The molecular formula is C13H24N4. The zero-order valence-corrected chi connectivity index (χ0v) is 11.2. The van der Waals surface area contributed by atoms with Gasteiger partial charge in [0.1, 0.15) is 0 Å². The van der Waals surface area contributed by atoms with Gasteiger partial charge in [0.2, 0.25) is 0 Å². The Labute approximate surface area is 104 Å². The van der Waals surface area contributed by atoms with Crippen LogP contribution in [-0.2, 0) is 13.5 Å². The second kappa shape index (κ2) is 5.19. The first-order valence-electron chi connectivity index (χ1n) is 6.57. The number of aromatic nitrogens is 2. The zero-order valence-electron chi connectivity index (χ0n) is 11.2. The summed E-state index contributed by atoms with van der Waals surface area (Å²) >= 11 is 0. The van der Waals surface area contributed by atoms with Crippen LogP contribution in [0.4, 0.5) is 0 Å². The Balaban J connectivity index is 1.90. The maximum absolute atomic E-state index is 5.62. The molecular weight excluding hydrogens is 212 g/mol. The first-order valence-corrected chi connectivity index (χ1v) is 6.57. The SMILES string of the molecule is Cc1nn(C)c(C)c1CCC(CC1CC1)NN. The fourth-order valence-corrected chi connectivity index (χ4v) is 2.52. The van der Waals surface area contributed by atoms with E-state index in [0.717, 1.165) is 24.5 Å². The molecule has 1 aromatic heterocycles. The third-order valence-corrected chi connectivity index (χ3v) is 3.95. The molecule has 0 bridgehead atoms. The zero-order chi connectivity index (χ0) is 12.4. The lowest BCUT2D eigenvalue weighted by Gasteiger charge is -2.15. The molecule has 1 aliphatic rings. The molecule has 4 nitrogen and oxygen atoms in total. The summed E-state index contributed by atoms with van der Waals surface area (Å²) in [5.74, 6) is 6.55. The van der Waals surface area contributed by atoms with Gasteiger partial charge in [-0.05, 0) is 44.6 Å². The van der Waals surface area contributed by atoms with Gasteiger partial charge in [0.25, 0.3) is 0 Å². The van der Waals surface area contributed by atoms with Gasteiger partial charge < -0.3 is 0 Å². The van der Waals surface area contributed by atoms with Crippen LogP contribution in [0.1, 0.15) is 42.6 Å². The van der Waals surface area contributed by atoms with Crippen molar-refractivity contribution in [1.82, 2.24) is 15.2 Å². The molecule has 4 heteroatoms. The normalized spacial score (nSPS) is 17.4. The fourth-order valence-electron chi connectivity index (χ4n) is 2.52. The van der Waals surface area contributed by atoms with Crippen LogP contribution >= 0.6 is 0 Å². The molecule has 0 saturated heterocycles. The van der Waals surface area contributed by atoms with Gasteiger partial charge in [-0.15, -0.1) is 0 Å². The molecule has 2 rings (SSSR count). The Bertz CT molecular complexity index is 379. The number of nitrogens with zero attached hydrogens (tertiary/aromatic N) is 2. The average Bonchev–Trinajstić information content (AvgIpc) is 3.07. The van der Waals surface area contributed by atoms with Crippen LogP contribution in [0.2, 0.25) is 0 Å². The van der Waals surface area contributed by atoms with Crippen LogP contribution in [0.5, 0.6) is 0 Å². The smallest absolute Gasteiger partial charge is 0.0628 e. The molecule has 1 aromatic rings. The van der Waals surface area contributed by atoms with Crippen molar-refractivity contribution in [2.45, 2.75) is 52.0 Å². The summed E-state index contributed by atoms with van der Waals surface area (Å²) in [6.45, 7) is 4.23. The van der Waals surface area contributed by atoms with E-state index in [4.69, 9.17) is 5.84 Å². The summed E-state index contributed by atoms with van der Waals surface area (Å²) in [4.78, 5) is 0. The Morgan fingerprint density at radius 1 is 1.47 bits per heavy atom. The van der Waals surface area contributed by atoms with Crippen molar-refractivity contribution in [3.05, 3.63) is 17.0 Å². The van der Waals surface area contributed by atoms with E-state index in [1.165, 1.54) is 30.5 Å². The van der Waals surface area contributed by atoms with Crippen LogP contribution in [0.3, 0.4) is 0 Å². The minimum atomic E-state index is 0.460. The summed E-state index contributed by atoms with van der Waals surface area (Å²) in [6, 6.07) is 0.460. The molecule has 17 heavy (non-hydrogen) atoms. The molecule has 0 aromatic carbocycles. The molecule has 1 fully saturated rings. The van der Waals surface area contributed by atoms with Crippen molar-refractivity contribution in [2.75, 3.05) is 0 Å². The molecule has 1 heterocycles. The maximum Gasteiger partial charge on any atom is 0.0628 e. The Kier molecular flexibility index (Phi) is 3.84. The fraction of sp³-hybridized carbons (Fsp3) is 0.769. The summed E-state index contributed by atoms with van der Waals surface area (Å²) in [6.07, 6.45) is 6.20. The first-order chi connectivity index (χ1) is 8.11. The predicted octanol–water partition coefficient (Wildman–Crippen LogP) is 1.60. The molecule has 96 valence electrons. The van der Waals surface area contributed by atoms with Gasteiger partial charge in [-0.2, -0.15) is 5.10 Å². The molecule has 1 atom stereocenters. The number of hydrazine groups is 1. The first kappa shape index (κ1) is 12.6. The van der Waals surface area contributed by atoms with E-state index in [0.29, 0.717) is 6.04 Å². The van der Waals surface area contributed by atoms with Crippen molar-refractivity contribution in [2.24, 2.45) is 18.8 Å². The largest absolute Gasteiger partial charge is 0.272 e. The van der Waals surface area contributed by atoms with Gasteiger partial charge in [0.15, 0.2) is 0 Å². The van der Waals surface area contributed by atoms with Gasteiger partial charge in [-0.3, -0.25) is 16.0 Å². The Morgan fingerprint density at radius 3 is 2.65 bits per heavy atom. The highest BCUT2D eigenvalue weighted by Crippen LogP contribution is 2.34. The second-order valence-electron chi connectivity index (χ2n) is 5.35. The van der Waals surface area contributed by atoms with E-state index >= 15 is 0 Å². The van der Waals surface area contributed by atoms with Gasteiger partial charge in [0.05, 0.1) is 5.69 Å². The molecule has 1 unspecified atom stereocenters. The molecule has 0 spiro atoms. The lowest BCUT2D eigenvalue weighted by molar-refractivity contribution is 0.441. The van der Waals surface area contributed by atoms with E-state index < -0.39 is 0 Å². The predicted molar refractivity (Wildman–Crippen MR) is 69.5 cm³/mol. The van der Waals surface area contributed by atoms with Crippen molar-refractivity contribution >= 4 is 0 Å². The highest BCUT2D eigenvalue weighted by atomic mass is 15.3. The standard InChI is InChI=1S/C13H24N4/c1-9-13(10(2)17(3)16-9)7-6-12(15-14)8-11-4-5-11/h11-12,15H,4-8,14H2,1-3H3. The second-order valence-corrected chi connectivity index (χ2v) is 5.35. The topological polar surface area (TPSA) is 55.9 Å². The molecule has 1 saturated carbocycles. The minimum Gasteiger partial charge on any atom is -0.272 e. The highest BCUT2D eigenvalue weighted by molar-refractivity contribution is 5.24. The van der Waals surface area contributed by atoms with Crippen molar-refractivity contribution in [3.63, 3.8) is 0 Å².